The van der Waals surface area contributed by atoms with Crippen molar-refractivity contribution in [3.05, 3.63) is 29.3 Å². The van der Waals surface area contributed by atoms with Crippen LogP contribution in [0.5, 0.6) is 0 Å². The second kappa shape index (κ2) is 9.27. The summed E-state index contributed by atoms with van der Waals surface area (Å²) in [4.78, 5) is 7.70. The van der Waals surface area contributed by atoms with Crippen LogP contribution in [0.25, 0.3) is 0 Å². The summed E-state index contributed by atoms with van der Waals surface area (Å²) >= 11 is 0. The number of benzene rings is 1. The summed E-state index contributed by atoms with van der Waals surface area (Å²) in [6, 6.07) is 6.24. The van der Waals surface area contributed by atoms with Crippen LogP contribution < -0.4 is 10.6 Å². The first-order valence-electron chi connectivity index (χ1n) is 10.4. The number of sulfone groups is 1. The van der Waals surface area contributed by atoms with Gasteiger partial charge in [0.2, 0.25) is 0 Å². The van der Waals surface area contributed by atoms with Crippen molar-refractivity contribution in [1.82, 2.24) is 15.5 Å². The summed E-state index contributed by atoms with van der Waals surface area (Å²) in [5, 5.41) is 6.75. The van der Waals surface area contributed by atoms with Crippen molar-refractivity contribution in [1.29, 1.82) is 0 Å². The molecule has 1 aromatic rings. The van der Waals surface area contributed by atoms with Crippen LogP contribution in [0.2, 0.25) is 0 Å². The summed E-state index contributed by atoms with van der Waals surface area (Å²) in [6.07, 6.45) is 6.75. The van der Waals surface area contributed by atoms with Crippen LogP contribution in [0.4, 0.5) is 0 Å². The molecule has 0 radical (unpaired) electrons. The average molecular weight is 407 g/mol. The smallest absolute Gasteiger partial charge is 0.191 e. The van der Waals surface area contributed by atoms with Crippen LogP contribution in [0, 0.1) is 12.8 Å². The van der Waals surface area contributed by atoms with Gasteiger partial charge in [-0.2, -0.15) is 0 Å². The van der Waals surface area contributed by atoms with Crippen molar-refractivity contribution in [3.8, 4) is 0 Å². The molecule has 0 aliphatic heterocycles. The summed E-state index contributed by atoms with van der Waals surface area (Å²) in [5.74, 6) is 1.75. The molecule has 0 heterocycles. The molecule has 6 nitrogen and oxygen atoms in total. The normalized spacial score (nSPS) is 17.8. The Morgan fingerprint density at radius 1 is 1.21 bits per heavy atom. The fourth-order valence-electron chi connectivity index (χ4n) is 3.55. The molecule has 0 aromatic heterocycles. The van der Waals surface area contributed by atoms with E-state index in [1.807, 2.05) is 19.1 Å². The van der Waals surface area contributed by atoms with E-state index in [1.165, 1.54) is 38.5 Å². The SMILES string of the molecule is CCNC(=NCc1ccc(S(C)(=O)=O)c(C)c1)NCCN(CC1CC1)C1CC1. The maximum atomic E-state index is 11.8. The van der Waals surface area contributed by atoms with Gasteiger partial charge in [-0.25, -0.2) is 13.4 Å². The third-order valence-corrected chi connectivity index (χ3v) is 6.60. The lowest BCUT2D eigenvalue weighted by atomic mass is 10.1. The van der Waals surface area contributed by atoms with Crippen molar-refractivity contribution < 1.29 is 8.42 Å². The number of rotatable bonds is 10. The van der Waals surface area contributed by atoms with Crippen LogP contribution in [-0.2, 0) is 16.4 Å². The van der Waals surface area contributed by atoms with E-state index < -0.39 is 9.84 Å². The minimum Gasteiger partial charge on any atom is -0.357 e. The highest BCUT2D eigenvalue weighted by atomic mass is 32.2. The molecule has 7 heteroatoms. The van der Waals surface area contributed by atoms with Gasteiger partial charge in [0.05, 0.1) is 11.4 Å². The molecule has 0 atom stereocenters. The van der Waals surface area contributed by atoms with Gasteiger partial charge in [0, 0.05) is 38.5 Å². The van der Waals surface area contributed by atoms with Gasteiger partial charge in [0.1, 0.15) is 0 Å². The van der Waals surface area contributed by atoms with Gasteiger partial charge in [0.25, 0.3) is 0 Å². The van der Waals surface area contributed by atoms with Crippen LogP contribution >= 0.6 is 0 Å². The molecule has 0 saturated heterocycles. The van der Waals surface area contributed by atoms with E-state index in [2.05, 4.69) is 27.4 Å². The highest BCUT2D eigenvalue weighted by Gasteiger charge is 2.33. The largest absolute Gasteiger partial charge is 0.357 e. The molecule has 0 amide bonds. The molecule has 2 fully saturated rings. The molecule has 156 valence electrons. The zero-order valence-electron chi connectivity index (χ0n) is 17.4. The number of hydrogen-bond acceptors (Lipinski definition) is 4. The van der Waals surface area contributed by atoms with Crippen molar-refractivity contribution >= 4 is 15.8 Å². The van der Waals surface area contributed by atoms with E-state index in [0.29, 0.717) is 11.4 Å². The molecule has 2 aliphatic rings. The fourth-order valence-corrected chi connectivity index (χ4v) is 4.51. The Morgan fingerprint density at radius 3 is 2.54 bits per heavy atom. The molecule has 1 aromatic carbocycles. The average Bonchev–Trinajstić information content (AvgIpc) is 3.51. The number of aliphatic imine (C=N–C) groups is 1. The van der Waals surface area contributed by atoms with E-state index in [-0.39, 0.29) is 0 Å². The van der Waals surface area contributed by atoms with Crippen molar-refractivity contribution in [2.45, 2.75) is 57.0 Å². The quantitative estimate of drug-likeness (QED) is 0.461. The molecule has 0 spiro atoms. The Bertz CT molecular complexity index is 799. The van der Waals surface area contributed by atoms with Gasteiger partial charge in [0.15, 0.2) is 15.8 Å². The molecule has 2 N–H and O–H groups in total. The third kappa shape index (κ3) is 6.48. The lowest BCUT2D eigenvalue weighted by Gasteiger charge is -2.22. The van der Waals surface area contributed by atoms with Crippen LogP contribution in [-0.4, -0.2) is 57.8 Å². The molecule has 2 saturated carbocycles. The Balaban J connectivity index is 1.53. The van der Waals surface area contributed by atoms with Gasteiger partial charge in [-0.15, -0.1) is 0 Å². The lowest BCUT2D eigenvalue weighted by Crippen LogP contribution is -2.42. The Hall–Kier alpha value is -1.60. The van der Waals surface area contributed by atoms with Crippen molar-refractivity contribution in [2.24, 2.45) is 10.9 Å². The first-order chi connectivity index (χ1) is 13.4. The third-order valence-electron chi connectivity index (χ3n) is 5.35. The van der Waals surface area contributed by atoms with Gasteiger partial charge in [-0.05, 0) is 62.6 Å². The van der Waals surface area contributed by atoms with E-state index in [4.69, 9.17) is 0 Å². The maximum Gasteiger partial charge on any atom is 0.191 e. The van der Waals surface area contributed by atoms with Gasteiger partial charge in [-0.1, -0.05) is 12.1 Å². The number of nitrogens with zero attached hydrogens (tertiary/aromatic N) is 2. The van der Waals surface area contributed by atoms with E-state index in [9.17, 15) is 8.42 Å². The van der Waals surface area contributed by atoms with Crippen LogP contribution in [0.15, 0.2) is 28.1 Å². The minimum absolute atomic E-state index is 0.390. The summed E-state index contributed by atoms with van der Waals surface area (Å²) < 4.78 is 23.5. The minimum atomic E-state index is -3.18. The number of hydrogen-bond donors (Lipinski definition) is 2. The lowest BCUT2D eigenvalue weighted by molar-refractivity contribution is 0.256. The highest BCUT2D eigenvalue weighted by molar-refractivity contribution is 7.90. The molecule has 0 bridgehead atoms. The first kappa shape index (κ1) is 21.1. The predicted octanol–water partition coefficient (Wildman–Crippen LogP) is 2.33. The van der Waals surface area contributed by atoms with Crippen molar-refractivity contribution in [2.75, 3.05) is 32.4 Å². The van der Waals surface area contributed by atoms with Crippen LogP contribution in [0.3, 0.4) is 0 Å². The zero-order chi connectivity index (χ0) is 20.1. The Labute approximate surface area is 169 Å². The standard InChI is InChI=1S/C21H34N4O2S/c1-4-22-21(23-11-12-25(19-8-9-19)15-17-5-6-17)24-14-18-7-10-20(16(2)13-18)28(3,26)27/h7,10,13,17,19H,4-6,8-9,11-12,14-15H2,1-3H3,(H2,22,23,24). The van der Waals surface area contributed by atoms with Crippen molar-refractivity contribution in [3.63, 3.8) is 0 Å². The number of nitrogens with one attached hydrogen (secondary N) is 2. The van der Waals surface area contributed by atoms with Gasteiger partial charge >= 0.3 is 0 Å². The van der Waals surface area contributed by atoms with E-state index in [1.54, 1.807) is 6.07 Å². The monoisotopic (exact) mass is 406 g/mol. The summed E-state index contributed by atoms with van der Waals surface area (Å²) in [5.41, 5.74) is 1.78. The van der Waals surface area contributed by atoms with E-state index >= 15 is 0 Å². The van der Waals surface area contributed by atoms with Gasteiger partial charge in [-0.3, -0.25) is 4.90 Å². The second-order valence-corrected chi connectivity index (χ2v) is 10.1. The summed E-state index contributed by atoms with van der Waals surface area (Å²) in [6.45, 7) is 8.44. The molecule has 28 heavy (non-hydrogen) atoms. The summed E-state index contributed by atoms with van der Waals surface area (Å²) in [7, 11) is -3.18. The Kier molecular flexibility index (Phi) is 6.99. The molecule has 3 rings (SSSR count). The molecular weight excluding hydrogens is 372 g/mol. The van der Waals surface area contributed by atoms with Crippen LogP contribution in [0.1, 0.15) is 43.7 Å². The fraction of sp³-hybridized carbons (Fsp3) is 0.667. The van der Waals surface area contributed by atoms with Gasteiger partial charge < -0.3 is 10.6 Å². The number of aryl methyl sites for hydroxylation is 1. The Morgan fingerprint density at radius 2 is 1.96 bits per heavy atom. The predicted molar refractivity (Wildman–Crippen MR) is 114 cm³/mol. The molecule has 2 aliphatic carbocycles. The molecular formula is C21H34N4O2S. The topological polar surface area (TPSA) is 73.8 Å². The zero-order valence-corrected chi connectivity index (χ0v) is 18.2. The van der Waals surface area contributed by atoms with E-state index in [0.717, 1.165) is 48.7 Å². The first-order valence-corrected chi connectivity index (χ1v) is 12.3. The highest BCUT2D eigenvalue weighted by Crippen LogP contribution is 2.34. The molecule has 0 unspecified atom stereocenters. The number of guanidine groups is 1. The second-order valence-electron chi connectivity index (χ2n) is 8.16. The maximum absolute atomic E-state index is 11.8.